The minimum atomic E-state index is -0.952. The standard InChI is InChI=1S/C30H22F4O/c1-2-18-3-5-19(6-4-18)7-8-22-13-14-23(28(32)27(22)31)20-9-11-21(12-10-20)24-15-16-25(26-17-35-26)30(34)29(24)33/h2-6,9-16,26H,1,7-8,17H2. The minimum Gasteiger partial charge on any atom is -0.368 e. The molecule has 0 N–H and O–H groups in total. The van der Waals surface area contributed by atoms with E-state index in [2.05, 4.69) is 6.58 Å². The van der Waals surface area contributed by atoms with Crippen LogP contribution in [0.15, 0.2) is 79.4 Å². The van der Waals surface area contributed by atoms with Crippen LogP contribution in [0.2, 0.25) is 0 Å². The molecule has 0 radical (unpaired) electrons. The van der Waals surface area contributed by atoms with Gasteiger partial charge in [-0.25, -0.2) is 17.6 Å². The summed E-state index contributed by atoms with van der Waals surface area (Å²) in [7, 11) is 0. The predicted octanol–water partition coefficient (Wildman–Crippen LogP) is 8.08. The van der Waals surface area contributed by atoms with E-state index in [1.165, 1.54) is 12.1 Å². The Balaban J connectivity index is 1.35. The van der Waals surface area contributed by atoms with Crippen LogP contribution in [0.5, 0.6) is 0 Å². The molecule has 4 aromatic carbocycles. The van der Waals surface area contributed by atoms with Crippen LogP contribution in [0.1, 0.15) is 28.4 Å². The molecule has 1 nitrogen and oxygen atoms in total. The van der Waals surface area contributed by atoms with Crippen molar-refractivity contribution in [3.8, 4) is 22.3 Å². The zero-order chi connectivity index (χ0) is 24.5. The first kappa shape index (κ1) is 23.1. The van der Waals surface area contributed by atoms with E-state index >= 15 is 0 Å². The van der Waals surface area contributed by atoms with Gasteiger partial charge in [-0.1, -0.05) is 85.5 Å². The average molecular weight is 474 g/mol. The van der Waals surface area contributed by atoms with Crippen LogP contribution in [0.4, 0.5) is 17.6 Å². The van der Waals surface area contributed by atoms with Gasteiger partial charge < -0.3 is 4.74 Å². The Morgan fingerprint density at radius 1 is 0.686 bits per heavy atom. The fraction of sp³-hybridized carbons (Fsp3) is 0.133. The maximum absolute atomic E-state index is 14.9. The van der Waals surface area contributed by atoms with E-state index in [0.717, 1.165) is 11.1 Å². The quantitative estimate of drug-likeness (QED) is 0.195. The molecule has 1 fully saturated rings. The second kappa shape index (κ2) is 9.51. The van der Waals surface area contributed by atoms with E-state index in [1.807, 2.05) is 24.3 Å². The topological polar surface area (TPSA) is 12.5 Å². The van der Waals surface area contributed by atoms with Crippen LogP contribution < -0.4 is 0 Å². The fourth-order valence-electron chi connectivity index (χ4n) is 4.20. The van der Waals surface area contributed by atoms with Gasteiger partial charge in [0.15, 0.2) is 23.3 Å². The first-order valence-electron chi connectivity index (χ1n) is 11.3. The van der Waals surface area contributed by atoms with Crippen LogP contribution in [-0.2, 0) is 17.6 Å². The second-order valence-corrected chi connectivity index (χ2v) is 8.58. The van der Waals surface area contributed by atoms with Crippen molar-refractivity contribution in [2.24, 2.45) is 0 Å². The Bertz CT molecular complexity index is 1390. The highest BCUT2D eigenvalue weighted by Gasteiger charge is 2.30. The van der Waals surface area contributed by atoms with Gasteiger partial charge in [0.2, 0.25) is 0 Å². The SMILES string of the molecule is C=Cc1ccc(CCc2ccc(-c3ccc(-c4ccc(C5CO5)c(F)c4F)cc3)c(F)c2F)cc1. The Morgan fingerprint density at radius 3 is 1.83 bits per heavy atom. The second-order valence-electron chi connectivity index (χ2n) is 8.58. The normalized spacial score (nSPS) is 14.7. The molecule has 0 aliphatic carbocycles. The predicted molar refractivity (Wildman–Crippen MR) is 130 cm³/mol. The summed E-state index contributed by atoms with van der Waals surface area (Å²) < 4.78 is 63.8. The summed E-state index contributed by atoms with van der Waals surface area (Å²) in [6.07, 6.45) is 2.30. The molecule has 35 heavy (non-hydrogen) atoms. The number of aryl methyl sites for hydroxylation is 2. The van der Waals surface area contributed by atoms with Crippen molar-refractivity contribution in [1.29, 1.82) is 0 Å². The van der Waals surface area contributed by atoms with Gasteiger partial charge in [0.25, 0.3) is 0 Å². The highest BCUT2D eigenvalue weighted by molar-refractivity contribution is 5.71. The minimum absolute atomic E-state index is 0.0987. The monoisotopic (exact) mass is 474 g/mol. The van der Waals surface area contributed by atoms with Crippen molar-refractivity contribution >= 4 is 6.08 Å². The molecule has 0 saturated carbocycles. The molecule has 4 aromatic rings. The molecule has 5 heteroatoms. The summed E-state index contributed by atoms with van der Waals surface area (Å²) in [5.41, 5.74) is 3.62. The van der Waals surface area contributed by atoms with Gasteiger partial charge in [-0.3, -0.25) is 0 Å². The van der Waals surface area contributed by atoms with Gasteiger partial charge in [0.1, 0.15) is 6.10 Å². The van der Waals surface area contributed by atoms with E-state index in [0.29, 0.717) is 36.1 Å². The number of epoxide rings is 1. The summed E-state index contributed by atoms with van der Waals surface area (Å²) in [4.78, 5) is 0. The van der Waals surface area contributed by atoms with E-state index in [-0.39, 0.29) is 22.8 Å². The van der Waals surface area contributed by atoms with Crippen LogP contribution >= 0.6 is 0 Å². The van der Waals surface area contributed by atoms with Gasteiger partial charge in [-0.15, -0.1) is 0 Å². The van der Waals surface area contributed by atoms with Crippen molar-refractivity contribution in [2.75, 3.05) is 6.61 Å². The van der Waals surface area contributed by atoms with E-state index in [1.54, 1.807) is 42.5 Å². The number of benzene rings is 4. The number of hydrogen-bond acceptors (Lipinski definition) is 1. The van der Waals surface area contributed by atoms with Crippen molar-refractivity contribution in [3.63, 3.8) is 0 Å². The zero-order valence-corrected chi connectivity index (χ0v) is 18.8. The lowest BCUT2D eigenvalue weighted by Crippen LogP contribution is -2.00. The average Bonchev–Trinajstić information content (AvgIpc) is 3.72. The molecule has 1 aliphatic rings. The Hall–Kier alpha value is -3.70. The molecule has 1 unspecified atom stereocenters. The van der Waals surface area contributed by atoms with Gasteiger partial charge in [-0.2, -0.15) is 0 Å². The molecule has 0 amide bonds. The Kier molecular flexibility index (Phi) is 6.27. The largest absolute Gasteiger partial charge is 0.368 e. The Labute approximate surface area is 201 Å². The van der Waals surface area contributed by atoms with Crippen molar-refractivity contribution in [1.82, 2.24) is 0 Å². The highest BCUT2D eigenvalue weighted by atomic mass is 19.2. The summed E-state index contributed by atoms with van der Waals surface area (Å²) in [5.74, 6) is -3.68. The van der Waals surface area contributed by atoms with Gasteiger partial charge in [0.05, 0.1) is 6.61 Å². The fourth-order valence-corrected chi connectivity index (χ4v) is 4.20. The van der Waals surface area contributed by atoms with E-state index < -0.39 is 23.3 Å². The molecule has 176 valence electrons. The van der Waals surface area contributed by atoms with Crippen molar-refractivity contribution in [2.45, 2.75) is 18.9 Å². The molecule has 1 saturated heterocycles. The molecule has 0 spiro atoms. The number of hydrogen-bond donors (Lipinski definition) is 0. The molecule has 0 bridgehead atoms. The number of rotatable bonds is 7. The highest BCUT2D eigenvalue weighted by Crippen LogP contribution is 2.36. The number of halogens is 4. The summed E-state index contributed by atoms with van der Waals surface area (Å²) in [6.45, 7) is 4.10. The van der Waals surface area contributed by atoms with Gasteiger partial charge in [-0.05, 0) is 40.7 Å². The summed E-state index contributed by atoms with van der Waals surface area (Å²) in [6, 6.07) is 20.2. The van der Waals surface area contributed by atoms with Gasteiger partial charge >= 0.3 is 0 Å². The summed E-state index contributed by atoms with van der Waals surface area (Å²) >= 11 is 0. The summed E-state index contributed by atoms with van der Waals surface area (Å²) in [5, 5.41) is 0. The lowest BCUT2D eigenvalue weighted by molar-refractivity contribution is 0.401. The van der Waals surface area contributed by atoms with Crippen LogP contribution in [-0.4, -0.2) is 6.61 Å². The van der Waals surface area contributed by atoms with Crippen LogP contribution in [0, 0.1) is 23.3 Å². The third-order valence-corrected chi connectivity index (χ3v) is 6.36. The van der Waals surface area contributed by atoms with E-state index in [9.17, 15) is 17.6 Å². The van der Waals surface area contributed by atoms with Crippen LogP contribution in [0.3, 0.4) is 0 Å². The smallest absolute Gasteiger partial charge is 0.167 e. The molecule has 1 atom stereocenters. The first-order valence-corrected chi connectivity index (χ1v) is 11.3. The zero-order valence-electron chi connectivity index (χ0n) is 18.8. The van der Waals surface area contributed by atoms with Crippen molar-refractivity contribution < 1.29 is 22.3 Å². The molecule has 0 aromatic heterocycles. The number of ether oxygens (including phenoxy) is 1. The maximum atomic E-state index is 14.9. The van der Waals surface area contributed by atoms with E-state index in [4.69, 9.17) is 4.74 Å². The van der Waals surface area contributed by atoms with Crippen molar-refractivity contribution in [3.05, 3.63) is 125 Å². The Morgan fingerprint density at radius 2 is 1.26 bits per heavy atom. The van der Waals surface area contributed by atoms with Crippen LogP contribution in [0.25, 0.3) is 28.3 Å². The third-order valence-electron chi connectivity index (χ3n) is 6.36. The lowest BCUT2D eigenvalue weighted by atomic mass is 9.96. The molecule has 1 aliphatic heterocycles. The molecular weight excluding hydrogens is 452 g/mol. The molecular formula is C30H22F4O. The van der Waals surface area contributed by atoms with Gasteiger partial charge in [0, 0.05) is 16.7 Å². The molecule has 5 rings (SSSR count). The first-order chi connectivity index (χ1) is 17.0. The maximum Gasteiger partial charge on any atom is 0.167 e. The lowest BCUT2D eigenvalue weighted by Gasteiger charge is -2.11. The molecule has 1 heterocycles. The third kappa shape index (κ3) is 4.64.